The number of carbonyl (C=O) groups is 2. The van der Waals surface area contributed by atoms with E-state index in [4.69, 9.17) is 15.2 Å². The van der Waals surface area contributed by atoms with E-state index in [1.165, 1.54) is 7.11 Å². The van der Waals surface area contributed by atoms with E-state index in [2.05, 4.69) is 4.74 Å². The molecule has 0 aliphatic carbocycles. The summed E-state index contributed by atoms with van der Waals surface area (Å²) in [6.07, 6.45) is -2.16. The Kier molecular flexibility index (Phi) is 2.77. The Morgan fingerprint density at radius 3 is 2.21 bits per heavy atom. The highest BCUT2D eigenvalue weighted by Crippen LogP contribution is 2.28. The first-order chi connectivity index (χ1) is 6.37. The van der Waals surface area contributed by atoms with E-state index >= 15 is 0 Å². The lowest BCUT2D eigenvalue weighted by atomic mass is 10.2. The summed E-state index contributed by atoms with van der Waals surface area (Å²) in [5.41, 5.74) is 5.05. The van der Waals surface area contributed by atoms with Crippen molar-refractivity contribution in [2.24, 2.45) is 5.73 Å². The average molecular weight is 203 g/mol. The van der Waals surface area contributed by atoms with Crippen molar-refractivity contribution in [1.82, 2.24) is 0 Å². The highest BCUT2D eigenvalue weighted by molar-refractivity contribution is 5.88. The molecule has 0 radical (unpaired) electrons. The molecule has 0 aromatic carbocycles. The number of rotatable bonds is 2. The SMILES string of the molecule is COC(=O)[C@H]1OC(C)(C)O[C@@H]1C(N)=O. The quantitative estimate of drug-likeness (QED) is 0.591. The fourth-order valence-corrected chi connectivity index (χ4v) is 1.26. The van der Waals surface area contributed by atoms with Gasteiger partial charge in [0, 0.05) is 0 Å². The van der Waals surface area contributed by atoms with Crippen molar-refractivity contribution >= 4 is 11.9 Å². The van der Waals surface area contributed by atoms with Crippen molar-refractivity contribution in [3.63, 3.8) is 0 Å². The molecular weight excluding hydrogens is 190 g/mol. The number of primary amides is 1. The Balaban J connectivity index is 2.83. The summed E-state index contributed by atoms with van der Waals surface area (Å²) in [6.45, 7) is 3.18. The Morgan fingerprint density at radius 2 is 1.79 bits per heavy atom. The van der Waals surface area contributed by atoms with Crippen molar-refractivity contribution in [1.29, 1.82) is 0 Å². The van der Waals surface area contributed by atoms with Crippen LogP contribution < -0.4 is 5.73 Å². The van der Waals surface area contributed by atoms with Crippen molar-refractivity contribution in [3.05, 3.63) is 0 Å². The van der Waals surface area contributed by atoms with E-state index in [9.17, 15) is 9.59 Å². The van der Waals surface area contributed by atoms with Crippen LogP contribution in [0.4, 0.5) is 0 Å². The highest BCUT2D eigenvalue weighted by atomic mass is 16.8. The van der Waals surface area contributed by atoms with Gasteiger partial charge in [-0.25, -0.2) is 4.79 Å². The molecule has 0 saturated carbocycles. The summed E-state index contributed by atoms with van der Waals surface area (Å²) < 4.78 is 14.8. The van der Waals surface area contributed by atoms with E-state index in [1.807, 2.05) is 0 Å². The van der Waals surface area contributed by atoms with Crippen LogP contribution in [0.15, 0.2) is 0 Å². The van der Waals surface area contributed by atoms with Gasteiger partial charge in [0.2, 0.25) is 5.91 Å². The third kappa shape index (κ3) is 2.02. The Hall–Kier alpha value is -1.14. The molecule has 0 aromatic rings. The summed E-state index contributed by atoms with van der Waals surface area (Å²) >= 11 is 0. The number of carbonyl (C=O) groups excluding carboxylic acids is 2. The van der Waals surface area contributed by atoms with Crippen molar-refractivity contribution in [3.8, 4) is 0 Å². The van der Waals surface area contributed by atoms with Crippen LogP contribution in [0.2, 0.25) is 0 Å². The van der Waals surface area contributed by atoms with Gasteiger partial charge < -0.3 is 19.9 Å². The maximum atomic E-state index is 11.2. The van der Waals surface area contributed by atoms with Crippen LogP contribution in [0.25, 0.3) is 0 Å². The van der Waals surface area contributed by atoms with Gasteiger partial charge >= 0.3 is 5.97 Å². The molecule has 0 bridgehead atoms. The average Bonchev–Trinajstić information content (AvgIpc) is 2.40. The zero-order valence-electron chi connectivity index (χ0n) is 8.27. The van der Waals surface area contributed by atoms with Crippen molar-refractivity contribution in [2.45, 2.75) is 31.8 Å². The van der Waals surface area contributed by atoms with Crippen LogP contribution in [-0.2, 0) is 23.8 Å². The minimum absolute atomic E-state index is 0.667. The summed E-state index contributed by atoms with van der Waals surface area (Å²) in [6, 6.07) is 0. The topological polar surface area (TPSA) is 87.8 Å². The van der Waals surface area contributed by atoms with Gasteiger partial charge in [0.05, 0.1) is 7.11 Å². The van der Waals surface area contributed by atoms with E-state index in [0.29, 0.717) is 0 Å². The second kappa shape index (κ2) is 3.55. The van der Waals surface area contributed by atoms with E-state index in [0.717, 1.165) is 0 Å². The number of ether oxygens (including phenoxy) is 3. The Morgan fingerprint density at radius 1 is 1.29 bits per heavy atom. The van der Waals surface area contributed by atoms with Gasteiger partial charge in [-0.15, -0.1) is 0 Å². The third-order valence-corrected chi connectivity index (χ3v) is 1.81. The minimum atomic E-state index is -1.09. The molecule has 1 heterocycles. The van der Waals surface area contributed by atoms with Gasteiger partial charge in [-0.2, -0.15) is 0 Å². The molecule has 2 N–H and O–H groups in total. The second-order valence-electron chi connectivity index (χ2n) is 3.40. The number of hydrogen-bond donors (Lipinski definition) is 1. The van der Waals surface area contributed by atoms with Crippen molar-refractivity contribution < 1.29 is 23.8 Å². The van der Waals surface area contributed by atoms with Gasteiger partial charge in [0.1, 0.15) is 0 Å². The van der Waals surface area contributed by atoms with Gasteiger partial charge in [-0.3, -0.25) is 4.79 Å². The summed E-state index contributed by atoms with van der Waals surface area (Å²) in [4.78, 5) is 22.1. The van der Waals surface area contributed by atoms with E-state index in [1.54, 1.807) is 13.8 Å². The van der Waals surface area contributed by atoms with Gasteiger partial charge in [-0.1, -0.05) is 0 Å². The van der Waals surface area contributed by atoms with Crippen molar-refractivity contribution in [2.75, 3.05) is 7.11 Å². The lowest BCUT2D eigenvalue weighted by molar-refractivity contribution is -0.168. The Labute approximate surface area is 81.3 Å². The van der Waals surface area contributed by atoms with Crippen LogP contribution in [0.3, 0.4) is 0 Å². The fourth-order valence-electron chi connectivity index (χ4n) is 1.26. The molecule has 2 atom stereocenters. The first-order valence-corrected chi connectivity index (χ1v) is 4.10. The van der Waals surface area contributed by atoms with Gasteiger partial charge in [-0.05, 0) is 13.8 Å². The number of amides is 1. The highest BCUT2D eigenvalue weighted by Gasteiger charge is 2.48. The largest absolute Gasteiger partial charge is 0.467 e. The second-order valence-corrected chi connectivity index (χ2v) is 3.40. The summed E-state index contributed by atoms with van der Waals surface area (Å²) in [5.74, 6) is -2.41. The molecule has 1 aliphatic heterocycles. The molecule has 1 rings (SSSR count). The minimum Gasteiger partial charge on any atom is -0.467 e. The summed E-state index contributed by atoms with van der Waals surface area (Å²) in [5, 5.41) is 0. The number of nitrogens with two attached hydrogens (primary N) is 1. The molecule has 1 aliphatic rings. The van der Waals surface area contributed by atoms with Gasteiger partial charge in [0.25, 0.3) is 0 Å². The standard InChI is InChI=1S/C8H13NO5/c1-8(2)13-4(6(9)10)5(14-8)7(11)12-3/h4-5H,1-3H3,(H2,9,10)/t4-,5-/m0/s1. The lowest BCUT2D eigenvalue weighted by Crippen LogP contribution is -2.41. The normalized spacial score (nSPS) is 29.9. The zero-order valence-corrected chi connectivity index (χ0v) is 8.27. The molecule has 0 spiro atoms. The van der Waals surface area contributed by atoms with Gasteiger partial charge in [0.15, 0.2) is 18.0 Å². The predicted molar refractivity (Wildman–Crippen MR) is 45.0 cm³/mol. The maximum absolute atomic E-state index is 11.2. The van der Waals surface area contributed by atoms with E-state index < -0.39 is 29.9 Å². The van der Waals surface area contributed by atoms with Crippen LogP contribution in [0.5, 0.6) is 0 Å². The molecule has 1 fully saturated rings. The zero-order chi connectivity index (χ0) is 10.9. The Bertz CT molecular complexity index is 262. The van der Waals surface area contributed by atoms with Crippen LogP contribution in [-0.4, -0.2) is 37.0 Å². The molecule has 14 heavy (non-hydrogen) atoms. The first-order valence-electron chi connectivity index (χ1n) is 4.10. The molecule has 1 amide bonds. The number of esters is 1. The fraction of sp³-hybridized carbons (Fsp3) is 0.750. The monoisotopic (exact) mass is 203 g/mol. The maximum Gasteiger partial charge on any atom is 0.338 e. The molecule has 6 nitrogen and oxygen atoms in total. The predicted octanol–water partition coefficient (Wildman–Crippen LogP) is -0.835. The molecule has 1 saturated heterocycles. The van der Waals surface area contributed by atoms with Crippen LogP contribution in [0.1, 0.15) is 13.8 Å². The summed E-state index contributed by atoms with van der Waals surface area (Å²) in [7, 11) is 1.20. The third-order valence-electron chi connectivity index (χ3n) is 1.81. The number of methoxy groups -OCH3 is 1. The first kappa shape index (κ1) is 10.9. The lowest BCUT2D eigenvalue weighted by Gasteiger charge is -2.15. The molecule has 80 valence electrons. The van der Waals surface area contributed by atoms with Crippen LogP contribution >= 0.6 is 0 Å². The molecular formula is C8H13NO5. The van der Waals surface area contributed by atoms with E-state index in [-0.39, 0.29) is 0 Å². The van der Waals surface area contributed by atoms with Crippen LogP contribution in [0, 0.1) is 0 Å². The molecule has 0 unspecified atom stereocenters. The smallest absolute Gasteiger partial charge is 0.338 e. The molecule has 0 aromatic heterocycles. The number of hydrogen-bond acceptors (Lipinski definition) is 5. The molecule has 6 heteroatoms.